The molecular formula is C16H27NO. The van der Waals surface area contributed by atoms with Crippen molar-refractivity contribution in [3.8, 4) is 5.75 Å². The lowest BCUT2D eigenvalue weighted by Crippen LogP contribution is -2.40. The minimum absolute atomic E-state index is 0.164. The lowest BCUT2D eigenvalue weighted by atomic mass is 9.75. The van der Waals surface area contributed by atoms with Crippen LogP contribution in [-0.4, -0.2) is 19.7 Å². The number of rotatable bonds is 7. The van der Waals surface area contributed by atoms with Crippen LogP contribution in [0, 0.1) is 0 Å². The third-order valence-electron chi connectivity index (χ3n) is 3.88. The number of hydrogen-bond donors (Lipinski definition) is 1. The molecule has 1 aromatic carbocycles. The molecule has 1 N–H and O–H groups in total. The highest BCUT2D eigenvalue weighted by Gasteiger charge is 2.31. The van der Waals surface area contributed by atoms with Gasteiger partial charge in [-0.25, -0.2) is 0 Å². The van der Waals surface area contributed by atoms with Crippen molar-refractivity contribution in [1.29, 1.82) is 0 Å². The van der Waals surface area contributed by atoms with E-state index in [1.807, 2.05) is 6.07 Å². The normalized spacial score (nSPS) is 11.9. The van der Waals surface area contributed by atoms with Gasteiger partial charge in [0.25, 0.3) is 0 Å². The summed E-state index contributed by atoms with van der Waals surface area (Å²) in [6, 6.07) is 8.91. The van der Waals surface area contributed by atoms with E-state index in [0.29, 0.717) is 6.04 Å². The third-order valence-corrected chi connectivity index (χ3v) is 3.88. The topological polar surface area (TPSA) is 21.3 Å². The van der Waals surface area contributed by atoms with Crippen LogP contribution in [0.2, 0.25) is 0 Å². The van der Waals surface area contributed by atoms with Crippen molar-refractivity contribution in [2.24, 2.45) is 0 Å². The van der Waals surface area contributed by atoms with Crippen molar-refractivity contribution < 1.29 is 4.74 Å². The van der Waals surface area contributed by atoms with Crippen LogP contribution in [0.1, 0.15) is 46.1 Å². The number of hydrogen-bond acceptors (Lipinski definition) is 2. The minimum Gasteiger partial charge on any atom is -0.496 e. The molecule has 1 rings (SSSR count). The van der Waals surface area contributed by atoms with Crippen molar-refractivity contribution in [2.75, 3.05) is 13.7 Å². The maximum Gasteiger partial charge on any atom is 0.122 e. The summed E-state index contributed by atoms with van der Waals surface area (Å²) in [7, 11) is 1.75. The predicted octanol–water partition coefficient (Wildman–Crippen LogP) is 3.75. The van der Waals surface area contributed by atoms with E-state index in [1.165, 1.54) is 5.56 Å². The lowest BCUT2D eigenvalue weighted by molar-refractivity contribution is 0.331. The molecule has 0 aliphatic heterocycles. The maximum atomic E-state index is 5.53. The molecule has 0 saturated carbocycles. The summed E-state index contributed by atoms with van der Waals surface area (Å²) in [6.07, 6.45) is 2.23. The predicted molar refractivity (Wildman–Crippen MR) is 78.4 cm³/mol. The van der Waals surface area contributed by atoms with Gasteiger partial charge in [-0.15, -0.1) is 0 Å². The highest BCUT2D eigenvalue weighted by Crippen LogP contribution is 2.37. The molecule has 0 fully saturated rings. The molecule has 0 unspecified atom stereocenters. The van der Waals surface area contributed by atoms with Gasteiger partial charge in [0, 0.05) is 23.6 Å². The van der Waals surface area contributed by atoms with Crippen molar-refractivity contribution in [3.63, 3.8) is 0 Å². The standard InChI is InChI=1S/C16H27NO/c1-6-16(7-2,12-17-13(3)4)14-10-8-9-11-15(14)18-5/h8-11,13,17H,6-7,12H2,1-5H3. The molecule has 0 aliphatic carbocycles. The van der Waals surface area contributed by atoms with Crippen LogP contribution in [0.25, 0.3) is 0 Å². The van der Waals surface area contributed by atoms with Crippen LogP contribution in [-0.2, 0) is 5.41 Å². The molecule has 0 heterocycles. The van der Waals surface area contributed by atoms with Crippen molar-refractivity contribution in [3.05, 3.63) is 29.8 Å². The van der Waals surface area contributed by atoms with Gasteiger partial charge in [0.05, 0.1) is 7.11 Å². The maximum absolute atomic E-state index is 5.53. The Kier molecular flexibility index (Phi) is 5.67. The molecule has 0 bridgehead atoms. The van der Waals surface area contributed by atoms with Gasteiger partial charge in [0.15, 0.2) is 0 Å². The Morgan fingerprint density at radius 1 is 1.17 bits per heavy atom. The number of ether oxygens (including phenoxy) is 1. The smallest absolute Gasteiger partial charge is 0.122 e. The van der Waals surface area contributed by atoms with Crippen LogP contribution in [0.15, 0.2) is 24.3 Å². The third kappa shape index (κ3) is 3.26. The Labute approximate surface area is 112 Å². The molecule has 102 valence electrons. The summed E-state index contributed by atoms with van der Waals surface area (Å²) < 4.78 is 5.53. The van der Waals surface area contributed by atoms with Crippen LogP contribution in [0.5, 0.6) is 5.75 Å². The van der Waals surface area contributed by atoms with Gasteiger partial charge in [-0.3, -0.25) is 0 Å². The highest BCUT2D eigenvalue weighted by molar-refractivity contribution is 5.40. The molecule has 0 atom stereocenters. The largest absolute Gasteiger partial charge is 0.496 e. The number of methoxy groups -OCH3 is 1. The first-order chi connectivity index (χ1) is 8.59. The Morgan fingerprint density at radius 3 is 2.28 bits per heavy atom. The molecule has 2 nitrogen and oxygen atoms in total. The zero-order valence-electron chi connectivity index (χ0n) is 12.4. The second-order valence-electron chi connectivity index (χ2n) is 5.22. The Balaban J connectivity index is 3.09. The van der Waals surface area contributed by atoms with Gasteiger partial charge in [-0.05, 0) is 18.9 Å². The van der Waals surface area contributed by atoms with E-state index in [-0.39, 0.29) is 5.41 Å². The zero-order valence-corrected chi connectivity index (χ0v) is 12.4. The quantitative estimate of drug-likeness (QED) is 0.794. The molecule has 2 heteroatoms. The number of para-hydroxylation sites is 1. The van der Waals surface area contributed by atoms with Crippen molar-refractivity contribution in [2.45, 2.75) is 52.0 Å². The van der Waals surface area contributed by atoms with E-state index in [4.69, 9.17) is 4.74 Å². The minimum atomic E-state index is 0.164. The fourth-order valence-corrected chi connectivity index (χ4v) is 2.46. The van der Waals surface area contributed by atoms with E-state index in [0.717, 1.165) is 25.1 Å². The zero-order chi connectivity index (χ0) is 13.6. The first-order valence-electron chi connectivity index (χ1n) is 6.96. The highest BCUT2D eigenvalue weighted by atomic mass is 16.5. The van der Waals surface area contributed by atoms with E-state index in [9.17, 15) is 0 Å². The van der Waals surface area contributed by atoms with Crippen molar-refractivity contribution >= 4 is 0 Å². The van der Waals surface area contributed by atoms with Gasteiger partial charge >= 0.3 is 0 Å². The molecule has 0 aliphatic rings. The van der Waals surface area contributed by atoms with Gasteiger partial charge in [0.2, 0.25) is 0 Å². The number of nitrogens with one attached hydrogen (secondary N) is 1. The second-order valence-corrected chi connectivity index (χ2v) is 5.22. The van der Waals surface area contributed by atoms with E-state index in [1.54, 1.807) is 7.11 Å². The van der Waals surface area contributed by atoms with Crippen LogP contribution in [0.3, 0.4) is 0 Å². The molecule has 0 radical (unpaired) electrons. The Morgan fingerprint density at radius 2 is 1.78 bits per heavy atom. The van der Waals surface area contributed by atoms with Crippen LogP contribution >= 0.6 is 0 Å². The summed E-state index contributed by atoms with van der Waals surface area (Å²) in [5.74, 6) is 1.01. The molecule has 0 amide bonds. The SMILES string of the molecule is CCC(CC)(CNC(C)C)c1ccccc1OC. The lowest BCUT2D eigenvalue weighted by Gasteiger charge is -2.34. The van der Waals surface area contributed by atoms with Gasteiger partial charge in [-0.1, -0.05) is 45.9 Å². The monoisotopic (exact) mass is 249 g/mol. The number of benzene rings is 1. The fourth-order valence-electron chi connectivity index (χ4n) is 2.46. The molecule has 18 heavy (non-hydrogen) atoms. The van der Waals surface area contributed by atoms with E-state index < -0.39 is 0 Å². The first-order valence-corrected chi connectivity index (χ1v) is 6.96. The first kappa shape index (κ1) is 15.0. The molecule has 0 aromatic heterocycles. The Bertz CT molecular complexity index is 356. The van der Waals surface area contributed by atoms with Gasteiger partial charge in [0.1, 0.15) is 5.75 Å². The summed E-state index contributed by atoms with van der Waals surface area (Å²) in [5, 5.41) is 3.58. The second kappa shape index (κ2) is 6.79. The Hall–Kier alpha value is -1.02. The molecule has 0 saturated heterocycles. The van der Waals surface area contributed by atoms with Crippen molar-refractivity contribution in [1.82, 2.24) is 5.32 Å². The van der Waals surface area contributed by atoms with E-state index in [2.05, 4.69) is 51.2 Å². The summed E-state index contributed by atoms with van der Waals surface area (Å²) >= 11 is 0. The van der Waals surface area contributed by atoms with Crippen LogP contribution in [0.4, 0.5) is 0 Å². The molecular weight excluding hydrogens is 222 g/mol. The fraction of sp³-hybridized carbons (Fsp3) is 0.625. The molecule has 0 spiro atoms. The summed E-state index contributed by atoms with van der Waals surface area (Å²) in [6.45, 7) is 9.91. The van der Waals surface area contributed by atoms with E-state index >= 15 is 0 Å². The van der Waals surface area contributed by atoms with Gasteiger partial charge < -0.3 is 10.1 Å². The average Bonchev–Trinajstić information content (AvgIpc) is 2.40. The average molecular weight is 249 g/mol. The van der Waals surface area contributed by atoms with Gasteiger partial charge in [-0.2, -0.15) is 0 Å². The molecule has 1 aromatic rings. The summed E-state index contributed by atoms with van der Waals surface area (Å²) in [5.41, 5.74) is 1.49. The summed E-state index contributed by atoms with van der Waals surface area (Å²) in [4.78, 5) is 0. The van der Waals surface area contributed by atoms with Crippen LogP contribution < -0.4 is 10.1 Å².